The molecule has 0 amide bonds. The molecule has 4 nitrogen and oxygen atoms in total. The van der Waals surface area contributed by atoms with Crippen LogP contribution in [0.5, 0.6) is 0 Å². The molecule has 9 heteroatoms. The summed E-state index contributed by atoms with van der Waals surface area (Å²) in [6.45, 7) is 0. The summed E-state index contributed by atoms with van der Waals surface area (Å²) in [5, 5.41) is 2.24. The van der Waals surface area contributed by atoms with Crippen molar-refractivity contribution in [2.45, 2.75) is 0 Å². The predicted molar refractivity (Wildman–Crippen MR) is 220 cm³/mol. The van der Waals surface area contributed by atoms with Crippen molar-refractivity contribution in [1.82, 2.24) is 0 Å². The van der Waals surface area contributed by atoms with Gasteiger partial charge in [0.25, 0.3) is 0 Å². The van der Waals surface area contributed by atoms with E-state index in [-0.39, 0.29) is 19.5 Å². The van der Waals surface area contributed by atoms with Gasteiger partial charge in [-0.1, -0.05) is 119 Å². The van der Waals surface area contributed by atoms with Crippen molar-refractivity contribution in [1.29, 1.82) is 0 Å². The number of aliphatic imine (C=N–C) groups is 4. The minimum Gasteiger partial charge on any atom is -0.249 e. The Kier molecular flexibility index (Phi) is 9.72. The van der Waals surface area contributed by atoms with E-state index in [0.29, 0.717) is 48.5 Å². The molecule has 9 rings (SSSR count). The molecule has 0 saturated heterocycles. The summed E-state index contributed by atoms with van der Waals surface area (Å²) in [5.74, 6) is 0. The molecule has 0 fully saturated rings. The van der Waals surface area contributed by atoms with Crippen LogP contribution in [-0.4, -0.2) is 22.8 Å². The summed E-state index contributed by atoms with van der Waals surface area (Å²) in [6, 6.07) is 31.0. The third-order valence-electron chi connectivity index (χ3n) is 9.07. The number of hydrogen-bond donors (Lipinski definition) is 0. The molecule has 0 aliphatic carbocycles. The van der Waals surface area contributed by atoms with E-state index < -0.39 is 0 Å². The molecule has 0 spiro atoms. The Morgan fingerprint density at radius 1 is 0.377 bits per heavy atom. The zero-order chi connectivity index (χ0) is 35.3. The number of rotatable bonds is 4. The van der Waals surface area contributed by atoms with Crippen LogP contribution in [-0.2, 0) is 19.5 Å². The molecule has 4 aromatic carbocycles. The number of benzene rings is 4. The summed E-state index contributed by atoms with van der Waals surface area (Å²) < 4.78 is 0. The Labute approximate surface area is 339 Å². The second-order valence-corrected chi connectivity index (χ2v) is 14.0. The van der Waals surface area contributed by atoms with Gasteiger partial charge in [0, 0.05) is 84.1 Å². The van der Waals surface area contributed by atoms with E-state index in [1.165, 1.54) is 0 Å². The fourth-order valence-electron chi connectivity index (χ4n) is 6.80. The predicted octanol–water partition coefficient (Wildman–Crippen LogP) is 12.3. The summed E-state index contributed by atoms with van der Waals surface area (Å²) in [7, 11) is 0. The second-order valence-electron chi connectivity index (χ2n) is 12.4. The number of fused-ring (bicyclic) bond motifs is 4. The van der Waals surface area contributed by atoms with E-state index in [9.17, 15) is 0 Å². The third-order valence-corrected chi connectivity index (χ3v) is 10.4. The average molecular weight is 816 g/mol. The molecule has 4 aromatic rings. The molecule has 0 saturated carbocycles. The smallest absolute Gasteiger partial charge is 0.0823 e. The Morgan fingerprint density at radius 2 is 0.830 bits per heavy atom. The first-order valence-electron chi connectivity index (χ1n) is 16.5. The first kappa shape index (κ1) is 35.3. The summed E-state index contributed by atoms with van der Waals surface area (Å²) in [4.78, 5) is 20.6. The molecule has 0 radical (unpaired) electrons. The number of hydrogen-bond acceptors (Lipinski definition) is 4. The van der Waals surface area contributed by atoms with E-state index in [2.05, 4.69) is 0 Å². The van der Waals surface area contributed by atoms with Gasteiger partial charge in [-0.3, -0.25) is 0 Å². The van der Waals surface area contributed by atoms with Crippen LogP contribution in [0.15, 0.2) is 188 Å². The molecule has 5 aliphatic rings. The average Bonchev–Trinajstić information content (AvgIpc) is 3.95. The fourth-order valence-corrected chi connectivity index (χ4v) is 7.73. The molecular formula is C44H24Cl4N4Zn. The summed E-state index contributed by atoms with van der Waals surface area (Å²) in [5.41, 5.74) is 11.9. The SMILES string of the molecule is Clc1ccccc1C1=CC2=CC3=NC(=CC4=NC(=CC5=NC(=C(c6ccccc6Cl)C1=N2)C(c1ccccc1Cl)=C5c1ccccc1Cl)C=C4)C=C3.[Zn]. The van der Waals surface area contributed by atoms with Crippen LogP contribution in [0.2, 0.25) is 20.1 Å². The van der Waals surface area contributed by atoms with Crippen molar-refractivity contribution in [3.63, 3.8) is 0 Å². The minimum atomic E-state index is 0. The molecule has 5 aliphatic heterocycles. The van der Waals surface area contributed by atoms with Gasteiger partial charge in [-0.2, -0.15) is 0 Å². The van der Waals surface area contributed by atoms with Crippen LogP contribution in [0.25, 0.3) is 22.3 Å². The van der Waals surface area contributed by atoms with Gasteiger partial charge in [0.1, 0.15) is 0 Å². The minimum absolute atomic E-state index is 0. The fraction of sp³-hybridized carbons (Fsp3) is 0. The van der Waals surface area contributed by atoms with Gasteiger partial charge in [0.05, 0.1) is 45.6 Å². The van der Waals surface area contributed by atoms with Crippen LogP contribution in [0.3, 0.4) is 0 Å². The zero-order valence-electron chi connectivity index (χ0n) is 27.9. The maximum Gasteiger partial charge on any atom is 0.0823 e. The van der Waals surface area contributed by atoms with E-state index in [0.717, 1.165) is 61.8 Å². The molecular weight excluding hydrogens is 792 g/mol. The first-order valence-corrected chi connectivity index (χ1v) is 18.0. The molecule has 0 N–H and O–H groups in total. The maximum absolute atomic E-state index is 7.14. The molecule has 8 bridgehead atoms. The normalized spacial score (nSPS) is 17.1. The molecule has 0 unspecified atom stereocenters. The number of allylic oxidation sites excluding steroid dienone is 12. The molecule has 250 valence electrons. The first-order chi connectivity index (χ1) is 25.4. The number of halogens is 4. The molecule has 53 heavy (non-hydrogen) atoms. The maximum atomic E-state index is 7.14. The van der Waals surface area contributed by atoms with Crippen molar-refractivity contribution in [3.8, 4) is 0 Å². The van der Waals surface area contributed by atoms with E-state index in [1.54, 1.807) is 0 Å². The van der Waals surface area contributed by atoms with Crippen LogP contribution in [0, 0.1) is 0 Å². The Balaban J connectivity index is 0.00000400. The monoisotopic (exact) mass is 812 g/mol. The van der Waals surface area contributed by atoms with E-state index in [4.69, 9.17) is 66.4 Å². The summed E-state index contributed by atoms with van der Waals surface area (Å²) >= 11 is 28.2. The van der Waals surface area contributed by atoms with Gasteiger partial charge in [0.2, 0.25) is 0 Å². The van der Waals surface area contributed by atoms with Crippen molar-refractivity contribution < 1.29 is 19.5 Å². The molecule has 0 atom stereocenters. The van der Waals surface area contributed by atoms with Gasteiger partial charge in [-0.25, -0.2) is 20.0 Å². The van der Waals surface area contributed by atoms with E-state index in [1.807, 2.05) is 146 Å². The van der Waals surface area contributed by atoms with Gasteiger partial charge in [0.15, 0.2) is 0 Å². The Hall–Kier alpha value is -4.74. The van der Waals surface area contributed by atoms with Crippen LogP contribution >= 0.6 is 46.4 Å². The van der Waals surface area contributed by atoms with Crippen molar-refractivity contribution in [3.05, 3.63) is 211 Å². The van der Waals surface area contributed by atoms with Crippen molar-refractivity contribution in [2.24, 2.45) is 20.0 Å². The molecule has 5 heterocycles. The van der Waals surface area contributed by atoms with Crippen molar-refractivity contribution in [2.75, 3.05) is 0 Å². The van der Waals surface area contributed by atoms with Crippen LogP contribution in [0.4, 0.5) is 0 Å². The second kappa shape index (κ2) is 14.6. The Morgan fingerprint density at radius 3 is 1.38 bits per heavy atom. The quantitative estimate of drug-likeness (QED) is 0.184. The topological polar surface area (TPSA) is 49.4 Å². The largest absolute Gasteiger partial charge is 0.249 e. The molecule has 0 aromatic heterocycles. The van der Waals surface area contributed by atoms with Crippen molar-refractivity contribution >= 4 is 91.5 Å². The van der Waals surface area contributed by atoms with Crippen LogP contribution in [0.1, 0.15) is 22.3 Å². The van der Waals surface area contributed by atoms with Gasteiger partial charge in [-0.05, 0) is 72.9 Å². The zero-order valence-corrected chi connectivity index (χ0v) is 33.9. The standard InChI is InChI=1S/C44H24Cl4N4.Zn/c45-35-13-5-1-9-30(35)34-23-29-22-27-18-17-25(49-27)21-26-19-20-28(50-26)24-39-40(31-10-2-6-14-36(31)46)41(32-11-3-7-15-37(32)47)44(52-39)42(43(34)51-29)33-12-4-8-16-38(33)48;/h1-24H;. The van der Waals surface area contributed by atoms with E-state index >= 15 is 0 Å². The van der Waals surface area contributed by atoms with Crippen LogP contribution < -0.4 is 0 Å². The summed E-state index contributed by atoms with van der Waals surface area (Å²) in [6.07, 6.45) is 15.8. The Bertz CT molecular complexity index is 2660. The third kappa shape index (κ3) is 6.59. The van der Waals surface area contributed by atoms with Gasteiger partial charge < -0.3 is 0 Å². The number of nitrogens with zero attached hydrogens (tertiary/aromatic N) is 4. The van der Waals surface area contributed by atoms with Gasteiger partial charge >= 0.3 is 0 Å². The van der Waals surface area contributed by atoms with Gasteiger partial charge in [-0.15, -0.1) is 0 Å².